The van der Waals surface area contributed by atoms with Gasteiger partial charge in [-0.05, 0) is 13.3 Å². The van der Waals surface area contributed by atoms with Gasteiger partial charge >= 0.3 is 5.69 Å². The molecule has 1 aromatic rings. The van der Waals surface area contributed by atoms with Crippen LogP contribution in [0.25, 0.3) is 0 Å². The van der Waals surface area contributed by atoms with E-state index in [1.165, 1.54) is 0 Å². The number of hydrogen-bond acceptors (Lipinski definition) is 5. The fraction of sp³-hybridized carbons (Fsp3) is 0.700. The van der Waals surface area contributed by atoms with Gasteiger partial charge in [-0.25, -0.2) is 4.68 Å². The van der Waals surface area contributed by atoms with E-state index in [2.05, 4.69) is 5.10 Å². The van der Waals surface area contributed by atoms with Gasteiger partial charge in [0.1, 0.15) is 5.69 Å². The first-order valence-electron chi connectivity index (χ1n) is 5.69. The van der Waals surface area contributed by atoms with Gasteiger partial charge in [0.15, 0.2) is 0 Å². The lowest BCUT2D eigenvalue weighted by Crippen LogP contribution is -2.51. The van der Waals surface area contributed by atoms with Gasteiger partial charge in [0, 0.05) is 19.6 Å². The number of aromatic nitrogens is 2. The highest BCUT2D eigenvalue weighted by Gasteiger charge is 2.35. The summed E-state index contributed by atoms with van der Waals surface area (Å²) in [7, 11) is 0. The minimum absolute atomic E-state index is 0.0605. The minimum Gasteiger partial charge on any atom is -0.389 e. The molecule has 0 unspecified atom stereocenters. The Morgan fingerprint density at radius 1 is 1.59 bits per heavy atom. The van der Waals surface area contributed by atoms with Gasteiger partial charge < -0.3 is 10.0 Å². The molecule has 0 radical (unpaired) electrons. The van der Waals surface area contributed by atoms with E-state index >= 15 is 0 Å². The van der Waals surface area contributed by atoms with Crippen molar-refractivity contribution >= 4 is 11.5 Å². The van der Waals surface area contributed by atoms with Crippen molar-refractivity contribution in [1.29, 1.82) is 0 Å². The van der Waals surface area contributed by atoms with Gasteiger partial charge in [0.2, 0.25) is 5.82 Å². The minimum atomic E-state index is -0.394. The van der Waals surface area contributed by atoms with Crippen molar-refractivity contribution in [3.63, 3.8) is 0 Å². The van der Waals surface area contributed by atoms with Gasteiger partial charge in [-0.1, -0.05) is 6.92 Å². The zero-order valence-electron chi connectivity index (χ0n) is 9.96. The number of β-amino-alcohol motifs (C(OH)–C–C–N with tert-alkyl or cyclic N) is 1. The van der Waals surface area contributed by atoms with Crippen LogP contribution in [-0.2, 0) is 6.54 Å². The summed E-state index contributed by atoms with van der Waals surface area (Å²) in [6, 6.07) is 0. The highest BCUT2D eigenvalue weighted by atomic mass is 16.6. The number of anilines is 1. The maximum atomic E-state index is 11.0. The number of nitro groups is 1. The molecule has 0 amide bonds. The van der Waals surface area contributed by atoms with Crippen LogP contribution in [0.2, 0.25) is 0 Å². The topological polar surface area (TPSA) is 84.4 Å². The largest absolute Gasteiger partial charge is 0.389 e. The maximum Gasteiger partial charge on any atom is 0.333 e. The first-order valence-corrected chi connectivity index (χ1v) is 5.69. The van der Waals surface area contributed by atoms with E-state index in [-0.39, 0.29) is 11.8 Å². The third kappa shape index (κ3) is 1.97. The van der Waals surface area contributed by atoms with Crippen LogP contribution in [0, 0.1) is 17.0 Å². The molecule has 0 aromatic carbocycles. The van der Waals surface area contributed by atoms with Gasteiger partial charge in [0.05, 0.1) is 11.0 Å². The summed E-state index contributed by atoms with van der Waals surface area (Å²) in [5, 5.41) is 24.5. The van der Waals surface area contributed by atoms with Crippen molar-refractivity contribution in [2.75, 3.05) is 18.0 Å². The predicted molar refractivity (Wildman–Crippen MR) is 62.1 cm³/mol. The van der Waals surface area contributed by atoms with E-state index < -0.39 is 4.92 Å². The van der Waals surface area contributed by atoms with Crippen molar-refractivity contribution in [3.05, 3.63) is 15.8 Å². The number of aryl methyl sites for hydroxylation is 2. The second-order valence-corrected chi connectivity index (χ2v) is 4.30. The molecule has 1 N–H and O–H groups in total. The summed E-state index contributed by atoms with van der Waals surface area (Å²) in [5.74, 6) is 0.527. The van der Waals surface area contributed by atoms with Crippen molar-refractivity contribution in [2.24, 2.45) is 0 Å². The molecule has 0 saturated carbocycles. The van der Waals surface area contributed by atoms with Crippen LogP contribution in [0.15, 0.2) is 0 Å². The van der Waals surface area contributed by atoms with E-state index in [0.29, 0.717) is 31.1 Å². The van der Waals surface area contributed by atoms with Crippen LogP contribution in [0.5, 0.6) is 0 Å². The molecule has 0 aliphatic carbocycles. The van der Waals surface area contributed by atoms with Gasteiger partial charge in [-0.15, -0.1) is 0 Å². The van der Waals surface area contributed by atoms with E-state index in [1.54, 1.807) is 16.5 Å². The molecule has 94 valence electrons. The standard InChI is InChI=1S/C10H16N4O3/c1-3-4-13-10(12-5-8(15)6-12)9(14(16)17)7(2)11-13/h8,15H,3-6H2,1-2H3. The van der Waals surface area contributed by atoms with Crippen molar-refractivity contribution in [3.8, 4) is 0 Å². The van der Waals surface area contributed by atoms with E-state index in [4.69, 9.17) is 0 Å². The van der Waals surface area contributed by atoms with Crippen LogP contribution in [0.4, 0.5) is 11.5 Å². The first kappa shape index (κ1) is 11.8. The third-order valence-electron chi connectivity index (χ3n) is 2.85. The van der Waals surface area contributed by atoms with E-state index in [1.807, 2.05) is 6.92 Å². The molecule has 1 aliphatic heterocycles. The number of hydrogen-bond donors (Lipinski definition) is 1. The number of aliphatic hydroxyl groups is 1. The first-order chi connectivity index (χ1) is 8.04. The summed E-state index contributed by atoms with van der Waals surface area (Å²) in [6.07, 6.45) is 0.474. The number of nitrogens with zero attached hydrogens (tertiary/aromatic N) is 4. The number of aliphatic hydroxyl groups excluding tert-OH is 1. The average molecular weight is 240 g/mol. The molecular weight excluding hydrogens is 224 g/mol. The quantitative estimate of drug-likeness (QED) is 0.618. The summed E-state index contributed by atoms with van der Waals surface area (Å²) in [5.41, 5.74) is 0.491. The van der Waals surface area contributed by atoms with Crippen molar-refractivity contribution in [2.45, 2.75) is 32.9 Å². The molecule has 0 spiro atoms. The lowest BCUT2D eigenvalue weighted by molar-refractivity contribution is -0.384. The Morgan fingerprint density at radius 2 is 2.24 bits per heavy atom. The van der Waals surface area contributed by atoms with Gasteiger partial charge in [-0.3, -0.25) is 10.1 Å². The van der Waals surface area contributed by atoms with Gasteiger partial charge in [-0.2, -0.15) is 5.10 Å². The monoisotopic (exact) mass is 240 g/mol. The van der Waals surface area contributed by atoms with Crippen LogP contribution < -0.4 is 4.90 Å². The molecule has 7 heteroatoms. The van der Waals surface area contributed by atoms with Crippen LogP contribution in [0.1, 0.15) is 19.0 Å². The Labute approximate surface area is 98.8 Å². The fourth-order valence-corrected chi connectivity index (χ4v) is 2.08. The highest BCUT2D eigenvalue weighted by Crippen LogP contribution is 2.34. The second kappa shape index (κ2) is 4.33. The van der Waals surface area contributed by atoms with E-state index in [0.717, 1.165) is 6.42 Å². The average Bonchev–Trinajstić information content (AvgIpc) is 2.51. The zero-order valence-corrected chi connectivity index (χ0v) is 9.96. The zero-order chi connectivity index (χ0) is 12.6. The fourth-order valence-electron chi connectivity index (χ4n) is 2.08. The Balaban J connectivity index is 2.40. The van der Waals surface area contributed by atoms with Crippen molar-refractivity contribution < 1.29 is 10.0 Å². The number of rotatable bonds is 4. The molecule has 0 bridgehead atoms. The summed E-state index contributed by atoms with van der Waals surface area (Å²) < 4.78 is 1.67. The van der Waals surface area contributed by atoms with Crippen molar-refractivity contribution in [1.82, 2.24) is 9.78 Å². The van der Waals surface area contributed by atoms with Crippen LogP contribution in [-0.4, -0.2) is 39.0 Å². The Hall–Kier alpha value is -1.63. The maximum absolute atomic E-state index is 11.0. The molecule has 1 fully saturated rings. The summed E-state index contributed by atoms with van der Waals surface area (Å²) in [6.45, 7) is 5.17. The highest BCUT2D eigenvalue weighted by molar-refractivity contribution is 5.62. The molecule has 1 saturated heterocycles. The molecule has 2 rings (SSSR count). The van der Waals surface area contributed by atoms with E-state index in [9.17, 15) is 15.2 Å². The molecule has 0 atom stereocenters. The molecule has 7 nitrogen and oxygen atoms in total. The molecule has 17 heavy (non-hydrogen) atoms. The smallest absolute Gasteiger partial charge is 0.333 e. The normalized spacial score (nSPS) is 16.1. The Kier molecular flexibility index (Phi) is 3.01. The SMILES string of the molecule is CCCn1nc(C)c([N+](=O)[O-])c1N1CC(O)C1. The van der Waals surface area contributed by atoms with Gasteiger partial charge in [0.25, 0.3) is 0 Å². The third-order valence-corrected chi connectivity index (χ3v) is 2.85. The lowest BCUT2D eigenvalue weighted by Gasteiger charge is -2.36. The summed E-state index contributed by atoms with van der Waals surface area (Å²) >= 11 is 0. The van der Waals surface area contributed by atoms with Crippen LogP contribution >= 0.6 is 0 Å². The molecular formula is C10H16N4O3. The lowest BCUT2D eigenvalue weighted by atomic mass is 10.1. The summed E-state index contributed by atoms with van der Waals surface area (Å²) in [4.78, 5) is 12.5. The molecule has 1 aliphatic rings. The molecule has 1 aromatic heterocycles. The molecule has 2 heterocycles. The predicted octanol–water partition coefficient (Wildman–Crippen LogP) is 0.691. The Bertz CT molecular complexity index is 437. The second-order valence-electron chi connectivity index (χ2n) is 4.30. The van der Waals surface area contributed by atoms with Crippen LogP contribution in [0.3, 0.4) is 0 Å². The Morgan fingerprint density at radius 3 is 2.71 bits per heavy atom.